The zero-order valence-corrected chi connectivity index (χ0v) is 33.0. The Bertz CT molecular complexity index is 1960. The average molecular weight is 847 g/mol. The van der Waals surface area contributed by atoms with Crippen LogP contribution in [-0.4, -0.2) is 9.97 Å². The van der Waals surface area contributed by atoms with Gasteiger partial charge in [0.1, 0.15) is 0 Å². The van der Waals surface area contributed by atoms with Gasteiger partial charge in [-0.15, -0.1) is 71.3 Å². The molecule has 0 N–H and O–H groups in total. The zero-order valence-electron chi connectivity index (χ0n) is 30.6. The topological polar surface area (TPSA) is 25.8 Å². The van der Waals surface area contributed by atoms with Gasteiger partial charge in [0, 0.05) is 32.5 Å². The van der Waals surface area contributed by atoms with Gasteiger partial charge < -0.3 is 9.97 Å². The van der Waals surface area contributed by atoms with Crippen molar-refractivity contribution in [2.75, 3.05) is 0 Å². The van der Waals surface area contributed by atoms with Crippen molar-refractivity contribution in [2.24, 2.45) is 5.92 Å². The van der Waals surface area contributed by atoms with Crippen molar-refractivity contribution < 1.29 is 20.1 Å². The molecule has 263 valence electrons. The molecule has 0 aliphatic heterocycles. The van der Waals surface area contributed by atoms with Gasteiger partial charge in [-0.1, -0.05) is 75.4 Å². The molecule has 2 nitrogen and oxygen atoms in total. The van der Waals surface area contributed by atoms with Crippen LogP contribution >= 0.6 is 0 Å². The first-order valence-electron chi connectivity index (χ1n) is 18.5. The molecule has 0 fully saturated rings. The van der Waals surface area contributed by atoms with Crippen LogP contribution in [-0.2, 0) is 52.2 Å². The van der Waals surface area contributed by atoms with E-state index < -0.39 is 0 Å². The number of rotatable bonds is 5. The summed E-state index contributed by atoms with van der Waals surface area (Å²) in [5.74, 6) is 0.702. The molecule has 0 spiro atoms. The Morgan fingerprint density at radius 1 is 0.627 bits per heavy atom. The summed E-state index contributed by atoms with van der Waals surface area (Å²) < 4.78 is 0. The minimum atomic E-state index is 0. The first kappa shape index (κ1) is 38.1. The van der Waals surface area contributed by atoms with Crippen LogP contribution in [0.1, 0.15) is 78.5 Å². The summed E-state index contributed by atoms with van der Waals surface area (Å²) >= 11 is 0. The second-order valence-corrected chi connectivity index (χ2v) is 14.3. The SMILES string of the molecule is Cc1c[c-]c(-c2cc(-c3cc4ccc3CCCCc3ccc(c(CC(C)C)c3)CCCC4)ccn2)cc1.Cc1ccc(-c2[c-]cccc2)nc1.[Ir]. The summed E-state index contributed by atoms with van der Waals surface area (Å²) in [5.41, 5.74) is 16.7. The molecule has 1 radical (unpaired) electrons. The first-order valence-corrected chi connectivity index (χ1v) is 18.5. The molecular weight excluding hydrogens is 797 g/mol. The fraction of sp³-hybridized carbons (Fsp3) is 0.292. The van der Waals surface area contributed by atoms with E-state index in [0.29, 0.717) is 5.92 Å². The number of hydrogen-bond donors (Lipinski definition) is 0. The van der Waals surface area contributed by atoms with Crippen molar-refractivity contribution in [1.29, 1.82) is 0 Å². The van der Waals surface area contributed by atoms with E-state index in [9.17, 15) is 0 Å². The van der Waals surface area contributed by atoms with Gasteiger partial charge in [0.25, 0.3) is 0 Å². The maximum Gasteiger partial charge on any atom is 0.0190 e. The van der Waals surface area contributed by atoms with E-state index in [1.165, 1.54) is 83.9 Å². The maximum atomic E-state index is 4.68. The van der Waals surface area contributed by atoms with E-state index in [1.807, 2.05) is 55.7 Å². The molecule has 2 heterocycles. The molecule has 0 saturated heterocycles. The minimum absolute atomic E-state index is 0. The van der Waals surface area contributed by atoms with Gasteiger partial charge in [-0.3, -0.25) is 0 Å². The van der Waals surface area contributed by atoms with Crippen molar-refractivity contribution >= 4 is 0 Å². The molecule has 6 aromatic rings. The predicted octanol–water partition coefficient (Wildman–Crippen LogP) is 12.0. The first-order chi connectivity index (χ1) is 24.4. The van der Waals surface area contributed by atoms with Gasteiger partial charge in [0.15, 0.2) is 0 Å². The third-order valence-corrected chi connectivity index (χ3v) is 9.61. The fourth-order valence-electron chi connectivity index (χ4n) is 6.85. The number of nitrogens with zero attached hydrogens (tertiary/aromatic N) is 2. The Labute approximate surface area is 320 Å². The molecule has 2 aromatic heterocycles. The second-order valence-electron chi connectivity index (χ2n) is 14.3. The van der Waals surface area contributed by atoms with E-state index in [4.69, 9.17) is 0 Å². The molecule has 4 aromatic carbocycles. The van der Waals surface area contributed by atoms with E-state index in [0.717, 1.165) is 35.4 Å². The molecule has 0 amide bonds. The average Bonchev–Trinajstić information content (AvgIpc) is 3.13. The minimum Gasteiger partial charge on any atom is -0.305 e. The van der Waals surface area contributed by atoms with Gasteiger partial charge in [-0.05, 0) is 133 Å². The largest absolute Gasteiger partial charge is 0.305 e. The van der Waals surface area contributed by atoms with Crippen molar-refractivity contribution in [3.63, 3.8) is 0 Å². The molecular formula is C48H50IrN2-2. The van der Waals surface area contributed by atoms with Gasteiger partial charge >= 0.3 is 0 Å². The van der Waals surface area contributed by atoms with Crippen LogP contribution < -0.4 is 0 Å². The molecule has 0 saturated carbocycles. The maximum absolute atomic E-state index is 4.68. The van der Waals surface area contributed by atoms with Crippen molar-refractivity contribution in [3.8, 4) is 33.6 Å². The van der Waals surface area contributed by atoms with Crippen LogP contribution in [0.4, 0.5) is 0 Å². The van der Waals surface area contributed by atoms with Crippen LogP contribution in [0.15, 0.2) is 116 Å². The summed E-state index contributed by atoms with van der Waals surface area (Å²) in [4.78, 5) is 8.99. The van der Waals surface area contributed by atoms with Crippen LogP contribution in [0.25, 0.3) is 33.6 Å². The Hall–Kier alpha value is -4.17. The fourth-order valence-corrected chi connectivity index (χ4v) is 6.85. The van der Waals surface area contributed by atoms with Crippen LogP contribution in [0.5, 0.6) is 0 Å². The van der Waals surface area contributed by atoms with Gasteiger partial charge in [0.05, 0.1) is 0 Å². The summed E-state index contributed by atoms with van der Waals surface area (Å²) in [5, 5.41) is 0. The summed E-state index contributed by atoms with van der Waals surface area (Å²) in [6.07, 6.45) is 14.5. The molecule has 4 bridgehead atoms. The molecule has 51 heavy (non-hydrogen) atoms. The molecule has 4 aliphatic rings. The van der Waals surface area contributed by atoms with E-state index >= 15 is 0 Å². The van der Waals surface area contributed by atoms with E-state index in [1.54, 1.807) is 11.1 Å². The monoisotopic (exact) mass is 847 g/mol. The molecule has 0 atom stereocenters. The number of aryl methyl sites for hydroxylation is 6. The summed E-state index contributed by atoms with van der Waals surface area (Å²) in [7, 11) is 0. The molecule has 3 heteroatoms. The standard InChI is InChI=1S/C36H40N.C12H10N.Ir/c1-26(2)22-34-23-28-8-5-7-11-31-19-15-29(9-4-6-10-30(34)18-14-28)24-35(31)33-20-21-37-36(25-33)32-16-12-27(3)13-17-32;1-10-7-8-12(13-9-10)11-5-3-2-4-6-11;/h12-16,18-21,23-26H,4-11,22H2,1-3H3;2-5,7-9H,1H3;/q2*-1;. The molecule has 4 aliphatic carbocycles. The van der Waals surface area contributed by atoms with Crippen LogP contribution in [0, 0.1) is 31.9 Å². The Morgan fingerprint density at radius 2 is 1.33 bits per heavy atom. The quantitative estimate of drug-likeness (QED) is 0.162. The van der Waals surface area contributed by atoms with E-state index in [2.05, 4.69) is 110 Å². The number of hydrogen-bond acceptors (Lipinski definition) is 2. The molecule has 0 unspecified atom stereocenters. The zero-order chi connectivity index (χ0) is 34.7. The van der Waals surface area contributed by atoms with Gasteiger partial charge in [0.2, 0.25) is 0 Å². The van der Waals surface area contributed by atoms with Crippen molar-refractivity contribution in [3.05, 3.63) is 167 Å². The Morgan fingerprint density at radius 3 is 2.02 bits per heavy atom. The molecule has 10 rings (SSSR count). The number of benzene rings is 4. The van der Waals surface area contributed by atoms with Crippen LogP contribution in [0.2, 0.25) is 0 Å². The summed E-state index contributed by atoms with van der Waals surface area (Å²) in [6, 6.07) is 43.8. The third-order valence-electron chi connectivity index (χ3n) is 9.61. The van der Waals surface area contributed by atoms with E-state index in [-0.39, 0.29) is 20.1 Å². The Kier molecular flexibility index (Phi) is 14.1. The summed E-state index contributed by atoms with van der Waals surface area (Å²) in [6.45, 7) is 8.82. The van der Waals surface area contributed by atoms with Crippen molar-refractivity contribution in [1.82, 2.24) is 9.97 Å². The smallest absolute Gasteiger partial charge is 0.0190 e. The predicted molar refractivity (Wildman–Crippen MR) is 210 cm³/mol. The number of pyridine rings is 2. The second kappa shape index (κ2) is 18.9. The van der Waals surface area contributed by atoms with Crippen molar-refractivity contribution in [2.45, 2.75) is 85.5 Å². The third kappa shape index (κ3) is 10.9. The van der Waals surface area contributed by atoms with Gasteiger partial charge in [-0.2, -0.15) is 0 Å². The normalized spacial score (nSPS) is 13.0. The van der Waals surface area contributed by atoms with Gasteiger partial charge in [-0.25, -0.2) is 0 Å². The Balaban J connectivity index is 0.000000302. The number of aromatic nitrogens is 2. The van der Waals surface area contributed by atoms with Crippen LogP contribution in [0.3, 0.4) is 0 Å².